The first-order valence-corrected chi connectivity index (χ1v) is 11.8. The van der Waals surface area contributed by atoms with Gasteiger partial charge in [0, 0.05) is 23.5 Å². The maximum Gasteiger partial charge on any atom is 0.573 e. The summed E-state index contributed by atoms with van der Waals surface area (Å²) in [6.45, 7) is 3.42. The maximum atomic E-state index is 12.7. The van der Waals surface area contributed by atoms with Gasteiger partial charge in [-0.25, -0.2) is 23.1 Å². The van der Waals surface area contributed by atoms with E-state index in [9.17, 15) is 21.6 Å². The molecule has 3 aromatic rings. The Labute approximate surface area is 183 Å². The number of halogens is 3. The third-order valence-electron chi connectivity index (χ3n) is 5.30. The van der Waals surface area contributed by atoms with Crippen LogP contribution in [0, 0.1) is 0 Å². The second kappa shape index (κ2) is 8.36. The molecule has 0 radical (unpaired) electrons. The van der Waals surface area contributed by atoms with Gasteiger partial charge >= 0.3 is 6.36 Å². The maximum absolute atomic E-state index is 12.7. The Balaban J connectivity index is 1.79. The minimum absolute atomic E-state index is 0.0562. The number of fused-ring (bicyclic) bond motifs is 1. The molecule has 32 heavy (non-hydrogen) atoms. The lowest BCUT2D eigenvalue weighted by Gasteiger charge is -2.18. The summed E-state index contributed by atoms with van der Waals surface area (Å²) < 4.78 is 71.4. The topological polar surface area (TPSA) is 86.1 Å². The Morgan fingerprint density at radius 1 is 1.12 bits per heavy atom. The molecule has 1 aliphatic rings. The molecule has 2 heterocycles. The van der Waals surface area contributed by atoms with Crippen LogP contribution in [-0.4, -0.2) is 35.4 Å². The highest BCUT2D eigenvalue weighted by Gasteiger charge is 2.32. The van der Waals surface area contributed by atoms with Gasteiger partial charge in [0.05, 0.1) is 23.6 Å². The number of hydrogen-bond acceptors (Lipinski definition) is 5. The molecule has 0 aliphatic heterocycles. The fraction of sp³-hybridized carbons (Fsp3) is 0.429. The zero-order valence-corrected chi connectivity index (χ0v) is 18.4. The Morgan fingerprint density at radius 2 is 1.78 bits per heavy atom. The molecule has 1 aliphatic carbocycles. The minimum Gasteiger partial charge on any atom is -0.406 e. The van der Waals surface area contributed by atoms with E-state index < -0.39 is 16.4 Å². The third-order valence-corrected chi connectivity index (χ3v) is 6.91. The zero-order valence-electron chi connectivity index (χ0n) is 17.6. The zero-order chi connectivity index (χ0) is 23.1. The monoisotopic (exact) mass is 468 g/mol. The highest BCUT2D eigenvalue weighted by atomic mass is 32.2. The van der Waals surface area contributed by atoms with Crippen molar-refractivity contribution >= 4 is 20.9 Å². The van der Waals surface area contributed by atoms with E-state index in [-0.39, 0.29) is 22.7 Å². The van der Waals surface area contributed by atoms with E-state index in [4.69, 9.17) is 0 Å². The van der Waals surface area contributed by atoms with E-state index >= 15 is 0 Å². The van der Waals surface area contributed by atoms with Crippen LogP contribution in [0.25, 0.3) is 22.4 Å². The van der Waals surface area contributed by atoms with Crippen LogP contribution < -0.4 is 9.46 Å². The first-order chi connectivity index (χ1) is 15.0. The SMILES string of the molecule is CC(C)NS(=O)(=O)c1cnc(-c2cc3ccc(OC(F)(F)F)cc3n2C2CCCC2)nc1. The molecule has 0 saturated heterocycles. The molecule has 0 bridgehead atoms. The molecule has 4 rings (SSSR count). The fourth-order valence-electron chi connectivity index (χ4n) is 4.09. The van der Waals surface area contributed by atoms with Crippen LogP contribution in [0.3, 0.4) is 0 Å². The Kier molecular flexibility index (Phi) is 5.89. The van der Waals surface area contributed by atoms with Crippen molar-refractivity contribution in [2.45, 2.75) is 62.9 Å². The average molecular weight is 469 g/mol. The molecular formula is C21H23F3N4O3S. The molecule has 7 nitrogen and oxygen atoms in total. The summed E-state index contributed by atoms with van der Waals surface area (Å²) in [6, 6.07) is 5.82. The van der Waals surface area contributed by atoms with Crippen molar-refractivity contribution in [2.24, 2.45) is 0 Å². The van der Waals surface area contributed by atoms with E-state index in [2.05, 4.69) is 19.4 Å². The van der Waals surface area contributed by atoms with Crippen molar-refractivity contribution in [2.75, 3.05) is 0 Å². The fourth-order valence-corrected chi connectivity index (χ4v) is 5.23. The first-order valence-electron chi connectivity index (χ1n) is 10.3. The van der Waals surface area contributed by atoms with Crippen molar-refractivity contribution in [3.8, 4) is 17.3 Å². The van der Waals surface area contributed by atoms with E-state index in [1.165, 1.54) is 24.5 Å². The summed E-state index contributed by atoms with van der Waals surface area (Å²) in [6.07, 6.45) is 1.49. The molecule has 1 fully saturated rings. The molecular weight excluding hydrogens is 445 g/mol. The second-order valence-corrected chi connectivity index (χ2v) is 9.84. The summed E-state index contributed by atoms with van der Waals surface area (Å²) in [7, 11) is -3.74. The highest BCUT2D eigenvalue weighted by Crippen LogP contribution is 2.39. The smallest absolute Gasteiger partial charge is 0.406 e. The van der Waals surface area contributed by atoms with Gasteiger partial charge in [-0.1, -0.05) is 12.8 Å². The number of benzene rings is 1. The number of ether oxygens (including phenoxy) is 1. The van der Waals surface area contributed by atoms with Crippen LogP contribution in [0.4, 0.5) is 13.2 Å². The van der Waals surface area contributed by atoms with Crippen molar-refractivity contribution < 1.29 is 26.3 Å². The van der Waals surface area contributed by atoms with Gasteiger partial charge in [-0.2, -0.15) is 0 Å². The summed E-state index contributed by atoms with van der Waals surface area (Å²) in [5, 5.41) is 0.725. The number of hydrogen-bond donors (Lipinski definition) is 1. The van der Waals surface area contributed by atoms with Gasteiger partial charge in [-0.05, 0) is 44.9 Å². The van der Waals surface area contributed by atoms with Gasteiger partial charge in [0.15, 0.2) is 5.82 Å². The number of nitrogens with one attached hydrogen (secondary N) is 1. The van der Waals surface area contributed by atoms with Gasteiger partial charge in [0.2, 0.25) is 10.0 Å². The lowest BCUT2D eigenvalue weighted by Crippen LogP contribution is -2.30. The summed E-state index contributed by atoms with van der Waals surface area (Å²) >= 11 is 0. The number of rotatable bonds is 6. The van der Waals surface area contributed by atoms with Crippen LogP contribution in [0.15, 0.2) is 41.6 Å². The van der Waals surface area contributed by atoms with Gasteiger partial charge in [0.1, 0.15) is 10.6 Å². The molecule has 172 valence electrons. The van der Waals surface area contributed by atoms with Gasteiger partial charge < -0.3 is 9.30 Å². The average Bonchev–Trinajstić information content (AvgIpc) is 3.33. The molecule has 0 amide bonds. The standard InChI is InChI=1S/C21H23F3N4O3S/c1-13(2)27-32(29,30)17-11-25-20(26-12-17)19-9-14-7-8-16(31-21(22,23)24)10-18(14)28(19)15-5-3-4-6-15/h7-13,15,27H,3-6H2,1-2H3. The van der Waals surface area contributed by atoms with E-state index in [1.807, 2.05) is 4.57 Å². The molecule has 0 spiro atoms. The molecule has 2 aromatic heterocycles. The number of nitrogens with zero attached hydrogens (tertiary/aromatic N) is 3. The number of aromatic nitrogens is 3. The van der Waals surface area contributed by atoms with E-state index in [0.717, 1.165) is 31.1 Å². The Hall–Kier alpha value is -2.66. The highest BCUT2D eigenvalue weighted by molar-refractivity contribution is 7.89. The van der Waals surface area contributed by atoms with Crippen molar-refractivity contribution in [3.05, 3.63) is 36.7 Å². The van der Waals surface area contributed by atoms with Crippen molar-refractivity contribution in [3.63, 3.8) is 0 Å². The summed E-state index contributed by atoms with van der Waals surface area (Å²) in [5.74, 6) is 0.00547. The largest absolute Gasteiger partial charge is 0.573 e. The van der Waals surface area contributed by atoms with Gasteiger partial charge in [0.25, 0.3) is 0 Å². The first kappa shape index (κ1) is 22.5. The Bertz CT molecular complexity index is 1220. The lowest BCUT2D eigenvalue weighted by atomic mass is 10.2. The normalized spacial score (nSPS) is 15.7. The van der Waals surface area contributed by atoms with Crippen LogP contribution in [0.2, 0.25) is 0 Å². The Morgan fingerprint density at radius 3 is 2.38 bits per heavy atom. The predicted octanol–water partition coefficient (Wildman–Crippen LogP) is 4.80. The van der Waals surface area contributed by atoms with Gasteiger partial charge in [-0.15, -0.1) is 13.2 Å². The lowest BCUT2D eigenvalue weighted by molar-refractivity contribution is -0.274. The van der Waals surface area contributed by atoms with Crippen LogP contribution in [0.1, 0.15) is 45.6 Å². The van der Waals surface area contributed by atoms with Crippen molar-refractivity contribution in [1.82, 2.24) is 19.3 Å². The minimum atomic E-state index is -4.78. The molecule has 0 unspecified atom stereocenters. The molecule has 0 atom stereocenters. The number of sulfonamides is 1. The quantitative estimate of drug-likeness (QED) is 0.562. The van der Waals surface area contributed by atoms with Crippen molar-refractivity contribution in [1.29, 1.82) is 0 Å². The van der Waals surface area contributed by atoms with Crippen LogP contribution >= 0.6 is 0 Å². The second-order valence-electron chi connectivity index (χ2n) is 8.12. The third kappa shape index (κ3) is 4.73. The van der Waals surface area contributed by atoms with E-state index in [1.54, 1.807) is 26.0 Å². The molecule has 1 aromatic carbocycles. The summed E-state index contributed by atoms with van der Waals surface area (Å²) in [4.78, 5) is 8.48. The molecule has 1 N–H and O–H groups in total. The van der Waals surface area contributed by atoms with Crippen LogP contribution in [0.5, 0.6) is 5.75 Å². The van der Waals surface area contributed by atoms with Gasteiger partial charge in [-0.3, -0.25) is 0 Å². The summed E-state index contributed by atoms with van der Waals surface area (Å²) in [5.41, 5.74) is 1.22. The number of alkyl halides is 3. The molecule has 11 heteroatoms. The van der Waals surface area contributed by atoms with Crippen LogP contribution in [-0.2, 0) is 10.0 Å². The molecule has 1 saturated carbocycles. The van der Waals surface area contributed by atoms with E-state index in [0.29, 0.717) is 17.0 Å². The predicted molar refractivity (Wildman–Crippen MR) is 113 cm³/mol.